The van der Waals surface area contributed by atoms with E-state index in [9.17, 15) is 19.2 Å². The molecule has 8 nitrogen and oxygen atoms in total. The van der Waals surface area contributed by atoms with Crippen molar-refractivity contribution in [3.8, 4) is 5.75 Å². The van der Waals surface area contributed by atoms with Crippen LogP contribution in [0.1, 0.15) is 38.3 Å². The Morgan fingerprint density at radius 2 is 1.70 bits per heavy atom. The van der Waals surface area contributed by atoms with Gasteiger partial charge in [0.25, 0.3) is 11.8 Å². The summed E-state index contributed by atoms with van der Waals surface area (Å²) in [4.78, 5) is 54.2. The second-order valence-corrected chi connectivity index (χ2v) is 6.77. The van der Waals surface area contributed by atoms with Crippen LogP contribution in [0.5, 0.6) is 5.75 Å². The monoisotopic (exact) mass is 407 g/mol. The first kappa shape index (κ1) is 19.4. The van der Waals surface area contributed by atoms with Crippen LogP contribution in [-0.2, 0) is 16.1 Å². The average Bonchev–Trinajstić information content (AvgIpc) is 2.98. The molecule has 0 bridgehead atoms. The molecule has 8 heteroatoms. The Morgan fingerprint density at radius 3 is 2.33 bits per heavy atom. The van der Waals surface area contributed by atoms with Gasteiger partial charge in [-0.3, -0.25) is 9.59 Å². The summed E-state index contributed by atoms with van der Waals surface area (Å²) in [5, 5.41) is 1.17. The highest BCUT2D eigenvalue weighted by Gasteiger charge is 2.38. The molecule has 2 heterocycles. The lowest BCUT2D eigenvalue weighted by molar-refractivity contribution is -0.168. The van der Waals surface area contributed by atoms with E-state index >= 15 is 0 Å². The molecule has 30 heavy (non-hydrogen) atoms. The predicted molar refractivity (Wildman–Crippen MR) is 105 cm³/mol. The number of fused-ring (bicyclic) bond motifs is 2. The zero-order valence-corrected chi connectivity index (χ0v) is 16.3. The number of nitrogens with zero attached hydrogens (tertiary/aromatic N) is 1. The molecule has 3 aromatic rings. The SMILES string of the molecule is COc1ccc2c(C)c(CCC(=O)ON3C(=O)c4ccccc4C3=O)c(=O)oc2c1. The minimum Gasteiger partial charge on any atom is -0.497 e. The molecule has 2 amide bonds. The Labute approximate surface area is 170 Å². The van der Waals surface area contributed by atoms with Crippen molar-refractivity contribution >= 4 is 28.8 Å². The standard InChI is InChI=1S/C22H17NO7/c1-12-14-8-7-13(28-2)11-18(14)29-22(27)15(12)9-10-19(24)30-23-20(25)16-5-3-4-6-17(16)21(23)26/h3-8,11H,9-10H2,1-2H3. The molecule has 4 rings (SSSR count). The number of amides is 2. The Balaban J connectivity index is 1.50. The molecule has 152 valence electrons. The molecule has 1 aromatic heterocycles. The summed E-state index contributed by atoms with van der Waals surface area (Å²) in [7, 11) is 1.51. The van der Waals surface area contributed by atoms with Gasteiger partial charge in [0.1, 0.15) is 11.3 Å². The van der Waals surface area contributed by atoms with Crippen molar-refractivity contribution in [1.29, 1.82) is 0 Å². The van der Waals surface area contributed by atoms with Crippen LogP contribution in [0.25, 0.3) is 11.0 Å². The molecule has 0 spiro atoms. The van der Waals surface area contributed by atoms with Crippen molar-refractivity contribution in [2.75, 3.05) is 7.11 Å². The molecule has 0 saturated heterocycles. The molecule has 0 fully saturated rings. The first-order valence-electron chi connectivity index (χ1n) is 9.19. The largest absolute Gasteiger partial charge is 0.497 e. The van der Waals surface area contributed by atoms with Gasteiger partial charge in [0.2, 0.25) is 0 Å². The number of hydrogen-bond donors (Lipinski definition) is 0. The summed E-state index contributed by atoms with van der Waals surface area (Å²) in [6, 6.07) is 11.3. The Bertz CT molecular complexity index is 1220. The third kappa shape index (κ3) is 3.22. The van der Waals surface area contributed by atoms with E-state index in [0.29, 0.717) is 27.5 Å². The Hall–Kier alpha value is -3.94. The molecule has 0 atom stereocenters. The summed E-state index contributed by atoms with van der Waals surface area (Å²) in [6.07, 6.45) is -0.168. The molecular weight excluding hydrogens is 390 g/mol. The van der Waals surface area contributed by atoms with Crippen molar-refractivity contribution in [3.05, 3.63) is 75.1 Å². The first-order valence-corrected chi connectivity index (χ1v) is 9.19. The molecule has 0 aliphatic carbocycles. The van der Waals surface area contributed by atoms with E-state index in [1.807, 2.05) is 0 Å². The van der Waals surface area contributed by atoms with E-state index < -0.39 is 23.4 Å². The third-order valence-corrected chi connectivity index (χ3v) is 5.02. The van der Waals surface area contributed by atoms with Crippen molar-refractivity contribution < 1.29 is 28.4 Å². The minimum absolute atomic E-state index is 0.0398. The molecule has 0 saturated carbocycles. The number of rotatable bonds is 5. The topological polar surface area (TPSA) is 103 Å². The fourth-order valence-electron chi connectivity index (χ4n) is 3.42. The van der Waals surface area contributed by atoms with Crippen LogP contribution in [0.2, 0.25) is 0 Å². The highest BCUT2D eigenvalue weighted by Crippen LogP contribution is 2.25. The first-order chi connectivity index (χ1) is 14.4. The van der Waals surface area contributed by atoms with Crippen LogP contribution in [0.15, 0.2) is 51.7 Å². The van der Waals surface area contributed by atoms with Gasteiger partial charge in [-0.2, -0.15) is 0 Å². The lowest BCUT2D eigenvalue weighted by Gasteiger charge is -2.13. The number of aryl methyl sites for hydroxylation is 1. The molecule has 1 aliphatic rings. The van der Waals surface area contributed by atoms with E-state index in [-0.39, 0.29) is 24.0 Å². The average molecular weight is 407 g/mol. The number of hydroxylamine groups is 2. The Kier molecular flexibility index (Phi) is 4.83. The second kappa shape index (κ2) is 7.47. The molecule has 1 aliphatic heterocycles. The summed E-state index contributed by atoms with van der Waals surface area (Å²) in [5.74, 6) is -1.64. The number of imide groups is 1. The van der Waals surface area contributed by atoms with Gasteiger partial charge in [0.15, 0.2) is 0 Å². The lowest BCUT2D eigenvalue weighted by Crippen LogP contribution is -2.32. The zero-order valence-electron chi connectivity index (χ0n) is 16.3. The number of hydrogen-bond acceptors (Lipinski definition) is 7. The molecule has 0 N–H and O–H groups in total. The summed E-state index contributed by atoms with van der Waals surface area (Å²) in [5.41, 5.74) is 1.17. The maximum absolute atomic E-state index is 12.4. The van der Waals surface area contributed by atoms with Gasteiger partial charge in [0, 0.05) is 17.0 Å². The van der Waals surface area contributed by atoms with Gasteiger partial charge in [-0.05, 0) is 43.2 Å². The van der Waals surface area contributed by atoms with Crippen molar-refractivity contribution in [2.45, 2.75) is 19.8 Å². The lowest BCUT2D eigenvalue weighted by atomic mass is 10.0. The number of ether oxygens (including phenoxy) is 1. The summed E-state index contributed by atoms with van der Waals surface area (Å²) >= 11 is 0. The van der Waals surface area contributed by atoms with Crippen LogP contribution < -0.4 is 10.4 Å². The van der Waals surface area contributed by atoms with Gasteiger partial charge in [-0.25, -0.2) is 9.59 Å². The van der Waals surface area contributed by atoms with E-state index in [1.54, 1.807) is 37.3 Å². The maximum Gasteiger partial charge on any atom is 0.339 e. The highest BCUT2D eigenvalue weighted by molar-refractivity contribution is 6.20. The summed E-state index contributed by atoms with van der Waals surface area (Å²) < 4.78 is 10.5. The molecule has 0 unspecified atom stereocenters. The Morgan fingerprint density at radius 1 is 1.03 bits per heavy atom. The van der Waals surface area contributed by atoms with Crippen LogP contribution in [0.3, 0.4) is 0 Å². The van der Waals surface area contributed by atoms with Crippen LogP contribution >= 0.6 is 0 Å². The summed E-state index contributed by atoms with van der Waals surface area (Å²) in [6.45, 7) is 1.76. The quantitative estimate of drug-likeness (QED) is 0.473. The van der Waals surface area contributed by atoms with Crippen molar-refractivity contribution in [3.63, 3.8) is 0 Å². The second-order valence-electron chi connectivity index (χ2n) is 6.77. The van der Waals surface area contributed by atoms with E-state index in [4.69, 9.17) is 14.0 Å². The van der Waals surface area contributed by atoms with Crippen molar-refractivity contribution in [1.82, 2.24) is 5.06 Å². The third-order valence-electron chi connectivity index (χ3n) is 5.02. The predicted octanol–water partition coefficient (Wildman–Crippen LogP) is 2.80. The highest BCUT2D eigenvalue weighted by atomic mass is 16.7. The fraction of sp³-hybridized carbons (Fsp3) is 0.182. The minimum atomic E-state index is -0.807. The van der Waals surface area contributed by atoms with Gasteiger partial charge in [-0.15, -0.1) is 0 Å². The van der Waals surface area contributed by atoms with Gasteiger partial charge in [-0.1, -0.05) is 17.2 Å². The number of benzene rings is 2. The van der Waals surface area contributed by atoms with Gasteiger partial charge in [0.05, 0.1) is 24.7 Å². The number of carbonyl (C=O) groups excluding carboxylic acids is 3. The number of carbonyl (C=O) groups is 3. The fourth-order valence-corrected chi connectivity index (χ4v) is 3.42. The van der Waals surface area contributed by atoms with Crippen molar-refractivity contribution in [2.24, 2.45) is 0 Å². The smallest absolute Gasteiger partial charge is 0.339 e. The van der Waals surface area contributed by atoms with E-state index in [2.05, 4.69) is 0 Å². The zero-order chi connectivity index (χ0) is 21.4. The van der Waals surface area contributed by atoms with Crippen LogP contribution in [0.4, 0.5) is 0 Å². The number of methoxy groups -OCH3 is 1. The van der Waals surface area contributed by atoms with E-state index in [0.717, 1.165) is 5.39 Å². The van der Waals surface area contributed by atoms with E-state index in [1.165, 1.54) is 19.2 Å². The molecule has 2 aromatic carbocycles. The van der Waals surface area contributed by atoms with Gasteiger partial charge >= 0.3 is 11.6 Å². The van der Waals surface area contributed by atoms with Crippen LogP contribution in [0, 0.1) is 6.92 Å². The maximum atomic E-state index is 12.4. The normalized spacial score (nSPS) is 12.9. The molecule has 0 radical (unpaired) electrons. The molecular formula is C22H17NO7. The van der Waals surface area contributed by atoms with Crippen LogP contribution in [-0.4, -0.2) is 30.0 Å². The van der Waals surface area contributed by atoms with Gasteiger partial charge < -0.3 is 14.0 Å².